The van der Waals surface area contributed by atoms with E-state index in [-0.39, 0.29) is 0 Å². The second-order valence-corrected chi connectivity index (χ2v) is 9.01. The molecule has 170 valence electrons. The van der Waals surface area contributed by atoms with Crippen molar-refractivity contribution in [2.75, 3.05) is 4.90 Å². The molecular formula is C32H27N3. The highest BCUT2D eigenvalue weighted by Gasteiger charge is 2.22. The maximum Gasteiger partial charge on any atom is 0.143 e. The Bertz CT molecular complexity index is 1570. The van der Waals surface area contributed by atoms with Crippen LogP contribution in [0.3, 0.4) is 0 Å². The average Bonchev–Trinajstić information content (AvgIpc) is 3.24. The summed E-state index contributed by atoms with van der Waals surface area (Å²) in [6.07, 6.45) is 0. The number of fused-ring (bicyclic) bond motifs is 3. The first-order valence-electron chi connectivity index (χ1n) is 12.0. The average molecular weight is 454 g/mol. The minimum absolute atomic E-state index is 0.947. The van der Waals surface area contributed by atoms with E-state index in [2.05, 4.69) is 139 Å². The largest absolute Gasteiger partial charge is 0.295 e. The van der Waals surface area contributed by atoms with Crippen molar-refractivity contribution >= 4 is 39.0 Å². The van der Waals surface area contributed by atoms with E-state index in [1.165, 1.54) is 38.5 Å². The molecule has 35 heavy (non-hydrogen) atoms. The number of benzene rings is 4. The van der Waals surface area contributed by atoms with Crippen LogP contribution in [0.2, 0.25) is 0 Å². The smallest absolute Gasteiger partial charge is 0.143 e. The van der Waals surface area contributed by atoms with E-state index < -0.39 is 0 Å². The summed E-state index contributed by atoms with van der Waals surface area (Å²) in [5.74, 6) is 1.92. The Hall–Kier alpha value is -4.37. The Labute approximate surface area is 205 Å². The van der Waals surface area contributed by atoms with Crippen LogP contribution in [0.1, 0.15) is 16.7 Å². The minimum Gasteiger partial charge on any atom is -0.295 e. The minimum atomic E-state index is 0.947. The zero-order chi connectivity index (χ0) is 23.9. The number of rotatable bonds is 4. The van der Waals surface area contributed by atoms with Crippen LogP contribution in [-0.4, -0.2) is 9.55 Å². The summed E-state index contributed by atoms with van der Waals surface area (Å²) >= 11 is 0. The number of nitrogens with zero attached hydrogens (tertiary/aromatic N) is 3. The summed E-state index contributed by atoms with van der Waals surface area (Å²) < 4.78 is 2.32. The summed E-state index contributed by atoms with van der Waals surface area (Å²) in [6.45, 7) is 6.58. The molecule has 2 aromatic heterocycles. The van der Waals surface area contributed by atoms with E-state index in [0.29, 0.717) is 0 Å². The van der Waals surface area contributed by atoms with Gasteiger partial charge in [-0.2, -0.15) is 0 Å². The third-order valence-corrected chi connectivity index (χ3v) is 7.04. The van der Waals surface area contributed by atoms with E-state index in [4.69, 9.17) is 4.98 Å². The molecule has 0 atom stereocenters. The Morgan fingerprint density at radius 3 is 1.49 bits per heavy atom. The number of hydrogen-bond donors (Lipinski definition) is 0. The number of aromatic nitrogens is 2. The molecule has 0 saturated heterocycles. The fraction of sp³-hybridized carbons (Fsp3) is 0.0938. The first kappa shape index (κ1) is 21.2. The quantitative estimate of drug-likeness (QED) is 0.266. The van der Waals surface area contributed by atoms with Crippen LogP contribution in [-0.2, 0) is 0 Å². The van der Waals surface area contributed by atoms with Crippen LogP contribution >= 0.6 is 0 Å². The predicted molar refractivity (Wildman–Crippen MR) is 147 cm³/mol. The fourth-order valence-electron chi connectivity index (χ4n) is 5.02. The van der Waals surface area contributed by atoms with Crippen molar-refractivity contribution in [3.05, 3.63) is 126 Å². The first-order chi connectivity index (χ1) is 17.1. The van der Waals surface area contributed by atoms with Crippen molar-refractivity contribution in [1.29, 1.82) is 0 Å². The number of anilines is 3. The highest BCUT2D eigenvalue weighted by molar-refractivity contribution is 6.09. The van der Waals surface area contributed by atoms with E-state index >= 15 is 0 Å². The zero-order valence-electron chi connectivity index (χ0n) is 20.2. The molecule has 0 bridgehead atoms. The molecule has 0 radical (unpaired) electrons. The van der Waals surface area contributed by atoms with Crippen LogP contribution < -0.4 is 4.90 Å². The third kappa shape index (κ3) is 3.39. The Morgan fingerprint density at radius 1 is 0.514 bits per heavy atom. The van der Waals surface area contributed by atoms with Gasteiger partial charge in [-0.15, -0.1) is 0 Å². The van der Waals surface area contributed by atoms with Gasteiger partial charge in [0.05, 0.1) is 11.0 Å². The Kier molecular flexibility index (Phi) is 5.11. The van der Waals surface area contributed by atoms with Gasteiger partial charge in [-0.1, -0.05) is 72.8 Å². The van der Waals surface area contributed by atoms with Crippen LogP contribution in [0.5, 0.6) is 0 Å². The SMILES string of the molecule is Cc1c(N(c2ccccc2)c2ccccc2)nc(-n2c3ccccc3c3ccccc32)c(C)c1C. The van der Waals surface area contributed by atoms with Gasteiger partial charge in [0.15, 0.2) is 0 Å². The Balaban J connectivity index is 1.69. The lowest BCUT2D eigenvalue weighted by Crippen LogP contribution is -2.16. The van der Waals surface area contributed by atoms with Gasteiger partial charge in [0.25, 0.3) is 0 Å². The van der Waals surface area contributed by atoms with Crippen LogP contribution in [0.15, 0.2) is 109 Å². The van der Waals surface area contributed by atoms with Gasteiger partial charge in [-0.05, 0) is 73.9 Å². The first-order valence-corrected chi connectivity index (χ1v) is 12.0. The van der Waals surface area contributed by atoms with Gasteiger partial charge >= 0.3 is 0 Å². The van der Waals surface area contributed by atoms with Crippen molar-refractivity contribution in [3.63, 3.8) is 0 Å². The molecule has 2 heterocycles. The van der Waals surface area contributed by atoms with Gasteiger partial charge < -0.3 is 0 Å². The lowest BCUT2D eigenvalue weighted by atomic mass is 10.0. The molecule has 0 unspecified atom stereocenters. The van der Waals surface area contributed by atoms with Gasteiger partial charge in [0.1, 0.15) is 11.6 Å². The van der Waals surface area contributed by atoms with Crippen molar-refractivity contribution in [1.82, 2.24) is 9.55 Å². The maximum atomic E-state index is 5.42. The predicted octanol–water partition coefficient (Wildman–Crippen LogP) is 8.57. The molecule has 0 N–H and O–H groups in total. The molecule has 3 nitrogen and oxygen atoms in total. The molecule has 4 aromatic carbocycles. The van der Waals surface area contributed by atoms with E-state index in [0.717, 1.165) is 23.0 Å². The van der Waals surface area contributed by atoms with Crippen molar-refractivity contribution in [3.8, 4) is 5.82 Å². The third-order valence-electron chi connectivity index (χ3n) is 7.04. The summed E-state index contributed by atoms with van der Waals surface area (Å²) in [6, 6.07) is 38.2. The normalized spacial score (nSPS) is 11.3. The molecule has 0 aliphatic heterocycles. The highest BCUT2D eigenvalue weighted by atomic mass is 15.2. The van der Waals surface area contributed by atoms with Gasteiger partial charge in [-0.3, -0.25) is 9.47 Å². The van der Waals surface area contributed by atoms with E-state index in [1.54, 1.807) is 0 Å². The summed E-state index contributed by atoms with van der Waals surface area (Å²) in [5.41, 5.74) is 8.15. The molecule has 6 aromatic rings. The lowest BCUT2D eigenvalue weighted by Gasteiger charge is -2.28. The molecule has 0 fully saturated rings. The van der Waals surface area contributed by atoms with Crippen LogP contribution in [0.25, 0.3) is 27.6 Å². The molecule has 0 saturated carbocycles. The molecule has 0 aliphatic carbocycles. The monoisotopic (exact) mass is 453 g/mol. The standard InChI is InChI=1S/C32H27N3/c1-22-23(2)31(34(25-14-6-4-7-15-25)26-16-8-5-9-17-26)33-32(24(22)3)35-29-20-12-10-18-27(29)28-19-11-13-21-30(28)35/h4-21H,1-3H3. The summed E-state index contributed by atoms with van der Waals surface area (Å²) in [4.78, 5) is 7.68. The van der Waals surface area contributed by atoms with Gasteiger partial charge in [0.2, 0.25) is 0 Å². The van der Waals surface area contributed by atoms with Crippen LogP contribution in [0, 0.1) is 20.8 Å². The fourth-order valence-corrected chi connectivity index (χ4v) is 5.02. The van der Waals surface area contributed by atoms with Gasteiger partial charge in [-0.25, -0.2) is 4.98 Å². The highest BCUT2D eigenvalue weighted by Crippen LogP contribution is 2.39. The van der Waals surface area contributed by atoms with Crippen molar-refractivity contribution in [2.45, 2.75) is 20.8 Å². The van der Waals surface area contributed by atoms with E-state index in [9.17, 15) is 0 Å². The molecule has 3 heteroatoms. The Morgan fingerprint density at radius 2 is 0.971 bits per heavy atom. The molecule has 0 aliphatic rings. The molecule has 6 rings (SSSR count). The lowest BCUT2D eigenvalue weighted by molar-refractivity contribution is 1.01. The zero-order valence-corrected chi connectivity index (χ0v) is 20.2. The molecule has 0 spiro atoms. The van der Waals surface area contributed by atoms with E-state index in [1.807, 2.05) is 0 Å². The number of para-hydroxylation sites is 4. The maximum absolute atomic E-state index is 5.42. The number of hydrogen-bond acceptors (Lipinski definition) is 2. The van der Waals surface area contributed by atoms with Crippen LogP contribution in [0.4, 0.5) is 17.2 Å². The topological polar surface area (TPSA) is 21.1 Å². The molecular weight excluding hydrogens is 426 g/mol. The summed E-state index contributed by atoms with van der Waals surface area (Å²) in [5, 5.41) is 2.49. The van der Waals surface area contributed by atoms with Crippen molar-refractivity contribution in [2.24, 2.45) is 0 Å². The number of pyridine rings is 1. The second kappa shape index (κ2) is 8.44. The summed E-state index contributed by atoms with van der Waals surface area (Å²) in [7, 11) is 0. The molecule has 0 amide bonds. The van der Waals surface area contributed by atoms with Crippen molar-refractivity contribution < 1.29 is 0 Å². The second-order valence-electron chi connectivity index (χ2n) is 9.01. The van der Waals surface area contributed by atoms with Gasteiger partial charge in [0, 0.05) is 22.1 Å².